The van der Waals surface area contributed by atoms with E-state index in [9.17, 15) is 4.79 Å². The van der Waals surface area contributed by atoms with Crippen LogP contribution < -0.4 is 4.74 Å². The Morgan fingerprint density at radius 1 is 1.03 bits per heavy atom. The van der Waals surface area contributed by atoms with Gasteiger partial charge in [0.25, 0.3) is 0 Å². The fraction of sp³-hybridized carbons (Fsp3) is 0.469. The van der Waals surface area contributed by atoms with Crippen molar-refractivity contribution < 1.29 is 19.0 Å². The van der Waals surface area contributed by atoms with Gasteiger partial charge in [0.1, 0.15) is 25.2 Å². The number of carbonyl (C=O) groups excluding carboxylic acids is 1. The van der Waals surface area contributed by atoms with Crippen molar-refractivity contribution in [3.05, 3.63) is 70.9 Å². The number of piperidine rings is 1. The monoisotopic (exact) mass is 518 g/mol. The Balaban J connectivity index is 1.27. The van der Waals surface area contributed by atoms with Gasteiger partial charge in [-0.3, -0.25) is 4.90 Å². The van der Waals surface area contributed by atoms with Crippen molar-refractivity contribution in [3.8, 4) is 5.75 Å². The Morgan fingerprint density at radius 3 is 2.50 bits per heavy atom. The fourth-order valence-electron chi connectivity index (χ4n) is 5.32. The molecule has 0 unspecified atom stereocenters. The van der Waals surface area contributed by atoms with E-state index in [2.05, 4.69) is 85.7 Å². The van der Waals surface area contributed by atoms with Crippen LogP contribution in [-0.2, 0) is 20.8 Å². The topological polar surface area (TPSA) is 52.9 Å². The van der Waals surface area contributed by atoms with Crippen LogP contribution in [0.15, 0.2) is 48.5 Å². The van der Waals surface area contributed by atoms with Crippen molar-refractivity contribution in [1.29, 1.82) is 0 Å². The average Bonchev–Trinajstić information content (AvgIpc) is 3.20. The van der Waals surface area contributed by atoms with Crippen molar-refractivity contribution in [3.63, 3.8) is 0 Å². The lowest BCUT2D eigenvalue weighted by Gasteiger charge is -2.31. The highest BCUT2D eigenvalue weighted by molar-refractivity contribution is 5.90. The number of hydrogen-bond acceptors (Lipinski definition) is 5. The van der Waals surface area contributed by atoms with Crippen LogP contribution in [0.5, 0.6) is 5.75 Å². The highest BCUT2D eigenvalue weighted by Gasteiger charge is 2.19. The summed E-state index contributed by atoms with van der Waals surface area (Å²) in [6, 6.07) is 15.3. The molecule has 2 heterocycles. The number of ether oxygens (including phenoxy) is 3. The van der Waals surface area contributed by atoms with Gasteiger partial charge < -0.3 is 23.6 Å². The van der Waals surface area contributed by atoms with E-state index in [-0.39, 0.29) is 12.7 Å². The summed E-state index contributed by atoms with van der Waals surface area (Å²) in [6.07, 6.45) is 5.28. The second kappa shape index (κ2) is 13.7. The molecule has 2 aromatic carbocycles. The number of nitrogens with zero attached hydrogens (tertiary/aromatic N) is 2. The second-order valence-corrected chi connectivity index (χ2v) is 10.2. The number of aryl methyl sites for hydroxylation is 2. The minimum atomic E-state index is 0.144. The van der Waals surface area contributed by atoms with E-state index in [1.807, 2.05) is 0 Å². The molecule has 38 heavy (non-hydrogen) atoms. The quantitative estimate of drug-likeness (QED) is 0.211. The summed E-state index contributed by atoms with van der Waals surface area (Å²) in [5, 5.41) is 1.33. The van der Waals surface area contributed by atoms with Crippen LogP contribution in [0.25, 0.3) is 16.5 Å². The Labute approximate surface area is 227 Å². The normalized spacial score (nSPS) is 15.3. The van der Waals surface area contributed by atoms with Gasteiger partial charge in [-0.2, -0.15) is 0 Å². The fourth-order valence-corrected chi connectivity index (χ4v) is 5.32. The van der Waals surface area contributed by atoms with Gasteiger partial charge in [-0.05, 0) is 81.5 Å². The number of carbonyl (C=O) groups is 1. The number of fused-ring (bicyclic) bond motifs is 1. The lowest BCUT2D eigenvalue weighted by Crippen LogP contribution is -2.39. The number of hydrogen-bond donors (Lipinski definition) is 0. The smallest absolute Gasteiger partial charge is 0.145 e. The molecule has 0 atom stereocenters. The van der Waals surface area contributed by atoms with Crippen molar-refractivity contribution >= 4 is 22.8 Å². The van der Waals surface area contributed by atoms with Crippen LogP contribution in [0.3, 0.4) is 0 Å². The minimum absolute atomic E-state index is 0.144. The molecule has 0 amide bonds. The summed E-state index contributed by atoms with van der Waals surface area (Å²) >= 11 is 0. The van der Waals surface area contributed by atoms with E-state index in [0.717, 1.165) is 51.1 Å². The number of aromatic nitrogens is 1. The molecule has 6 heteroatoms. The number of likely N-dealkylation sites (tertiary alicyclic amines) is 1. The summed E-state index contributed by atoms with van der Waals surface area (Å²) in [6.45, 7) is 14.3. The van der Waals surface area contributed by atoms with Crippen LogP contribution >= 0.6 is 0 Å². The van der Waals surface area contributed by atoms with E-state index in [4.69, 9.17) is 14.2 Å². The lowest BCUT2D eigenvalue weighted by atomic mass is 10.1. The molecule has 204 valence electrons. The Bertz CT molecular complexity index is 1220. The van der Waals surface area contributed by atoms with E-state index in [0.29, 0.717) is 19.8 Å². The maximum atomic E-state index is 10.3. The van der Waals surface area contributed by atoms with Gasteiger partial charge in [0.05, 0.1) is 19.3 Å². The lowest BCUT2D eigenvalue weighted by molar-refractivity contribution is -0.112. The third kappa shape index (κ3) is 7.13. The van der Waals surface area contributed by atoms with Crippen LogP contribution in [0.1, 0.15) is 49.1 Å². The first kappa shape index (κ1) is 28.1. The molecule has 6 nitrogen and oxygen atoms in total. The van der Waals surface area contributed by atoms with E-state index in [1.165, 1.54) is 38.9 Å². The molecule has 1 aromatic heterocycles. The molecule has 3 aromatic rings. The zero-order chi connectivity index (χ0) is 26.9. The molecule has 1 aliphatic rings. The van der Waals surface area contributed by atoms with E-state index < -0.39 is 0 Å². The van der Waals surface area contributed by atoms with Gasteiger partial charge in [0.15, 0.2) is 0 Å². The number of rotatable bonds is 13. The maximum Gasteiger partial charge on any atom is 0.145 e. The SMILES string of the molecule is C/C=C(\C)c1c(C)c2cc(C)ccc2n1Cc1ccc(OCCN2CCC(OCCOCC=O)CC2)cc1. The van der Waals surface area contributed by atoms with Crippen molar-refractivity contribution in [2.45, 2.75) is 53.2 Å². The Kier molecular flexibility index (Phi) is 10.2. The van der Waals surface area contributed by atoms with Crippen molar-refractivity contribution in [2.75, 3.05) is 46.1 Å². The van der Waals surface area contributed by atoms with Crippen LogP contribution in [0.2, 0.25) is 0 Å². The molecule has 0 saturated carbocycles. The maximum absolute atomic E-state index is 10.3. The molecule has 0 N–H and O–H groups in total. The van der Waals surface area contributed by atoms with Crippen molar-refractivity contribution in [2.24, 2.45) is 0 Å². The first-order valence-corrected chi connectivity index (χ1v) is 13.8. The standard InChI is InChI=1S/C32H42N2O4/c1-5-25(3)32-26(4)30-22-24(2)6-11-31(30)34(32)23-27-7-9-28(10-8-27)37-18-16-33-14-12-29(13-15-33)38-21-20-36-19-17-35/h5-11,17,22,29H,12-16,18-21,23H2,1-4H3/b25-5+. The Hall–Kier alpha value is -2.93. The first-order valence-electron chi connectivity index (χ1n) is 13.8. The molecule has 0 spiro atoms. The highest BCUT2D eigenvalue weighted by Crippen LogP contribution is 2.32. The Morgan fingerprint density at radius 2 is 1.79 bits per heavy atom. The summed E-state index contributed by atoms with van der Waals surface area (Å²) in [5.74, 6) is 0.913. The summed E-state index contributed by atoms with van der Waals surface area (Å²) < 4.78 is 19.5. The zero-order valence-electron chi connectivity index (χ0n) is 23.4. The van der Waals surface area contributed by atoms with Crippen molar-refractivity contribution in [1.82, 2.24) is 9.47 Å². The minimum Gasteiger partial charge on any atom is -0.492 e. The molecule has 0 aliphatic carbocycles. The molecule has 1 fully saturated rings. The molecular formula is C32H42N2O4. The predicted octanol–water partition coefficient (Wildman–Crippen LogP) is 5.80. The summed E-state index contributed by atoms with van der Waals surface area (Å²) in [5.41, 5.74) is 7.80. The molecular weight excluding hydrogens is 476 g/mol. The van der Waals surface area contributed by atoms with Gasteiger partial charge in [-0.15, -0.1) is 0 Å². The van der Waals surface area contributed by atoms with Crippen LogP contribution in [0.4, 0.5) is 0 Å². The molecule has 1 aliphatic heterocycles. The summed E-state index contributed by atoms with van der Waals surface area (Å²) in [4.78, 5) is 12.7. The van der Waals surface area contributed by atoms with E-state index in [1.54, 1.807) is 0 Å². The van der Waals surface area contributed by atoms with Gasteiger partial charge in [-0.1, -0.05) is 29.8 Å². The molecule has 0 bridgehead atoms. The first-order chi connectivity index (χ1) is 18.5. The molecule has 1 saturated heterocycles. The third-order valence-corrected chi connectivity index (χ3v) is 7.52. The number of aldehydes is 1. The van der Waals surface area contributed by atoms with Crippen LogP contribution in [-0.4, -0.2) is 67.9 Å². The zero-order valence-corrected chi connectivity index (χ0v) is 23.4. The van der Waals surface area contributed by atoms with Gasteiger partial charge in [0.2, 0.25) is 0 Å². The van der Waals surface area contributed by atoms with Gasteiger partial charge in [-0.25, -0.2) is 0 Å². The van der Waals surface area contributed by atoms with Crippen LogP contribution in [0, 0.1) is 13.8 Å². The largest absolute Gasteiger partial charge is 0.492 e. The predicted molar refractivity (Wildman–Crippen MR) is 154 cm³/mol. The van der Waals surface area contributed by atoms with Gasteiger partial charge >= 0.3 is 0 Å². The number of allylic oxidation sites excluding steroid dienone is 2. The average molecular weight is 519 g/mol. The summed E-state index contributed by atoms with van der Waals surface area (Å²) in [7, 11) is 0. The van der Waals surface area contributed by atoms with E-state index >= 15 is 0 Å². The molecule has 0 radical (unpaired) electrons. The highest BCUT2D eigenvalue weighted by atomic mass is 16.5. The number of benzene rings is 2. The van der Waals surface area contributed by atoms with Gasteiger partial charge in [0, 0.05) is 42.8 Å². The third-order valence-electron chi connectivity index (χ3n) is 7.52. The second-order valence-electron chi connectivity index (χ2n) is 10.2. The molecule has 4 rings (SSSR count).